The van der Waals surface area contributed by atoms with E-state index in [1.807, 2.05) is 77.7 Å². The summed E-state index contributed by atoms with van der Waals surface area (Å²) in [6, 6.07) is 63.5. The predicted molar refractivity (Wildman–Crippen MR) is 421 cm³/mol. The number of nitrogens with zero attached hydrogens (tertiary/aromatic N) is 9. The smallest absolute Gasteiger partial charge is 0.293 e. The first-order chi connectivity index (χ1) is 50.2. The number of benzene rings is 8. The third-order valence-electron chi connectivity index (χ3n) is 21.2. The Morgan fingerprint density at radius 2 is 0.767 bits per heavy atom. The van der Waals surface area contributed by atoms with Crippen molar-refractivity contribution in [3.63, 3.8) is 0 Å². The second-order valence-corrected chi connectivity index (χ2v) is 28.7. The van der Waals surface area contributed by atoms with Crippen molar-refractivity contribution < 1.29 is 19.3 Å². The van der Waals surface area contributed by atoms with Crippen LogP contribution in [0.2, 0.25) is 0 Å². The first-order valence-corrected chi connectivity index (χ1v) is 37.2. The van der Waals surface area contributed by atoms with E-state index in [1.165, 1.54) is 105 Å². The van der Waals surface area contributed by atoms with E-state index in [1.54, 1.807) is 18.2 Å². The Hall–Kier alpha value is -10.3. The topological polar surface area (TPSA) is 209 Å². The third-order valence-corrected chi connectivity index (χ3v) is 21.2. The molecule has 0 radical (unpaired) electrons. The summed E-state index contributed by atoms with van der Waals surface area (Å²) in [4.78, 5) is 75.5. The van der Waals surface area contributed by atoms with Crippen LogP contribution >= 0.6 is 0 Å². The van der Waals surface area contributed by atoms with Gasteiger partial charge in [0.1, 0.15) is 25.3 Å². The van der Waals surface area contributed by atoms with Crippen molar-refractivity contribution in [3.05, 3.63) is 272 Å². The van der Waals surface area contributed by atoms with Crippen molar-refractivity contribution in [2.75, 3.05) is 91.6 Å². The van der Waals surface area contributed by atoms with Gasteiger partial charge in [-0.05, 0) is 118 Å². The van der Waals surface area contributed by atoms with Crippen LogP contribution in [0.15, 0.2) is 215 Å². The molecule has 0 amide bonds. The Kier molecular flexibility index (Phi) is 22.9. The number of Topliss-reactive ketones (excluding diaryl/α,β-unsaturated/α-hetero) is 3. The highest BCUT2D eigenvalue weighted by molar-refractivity contribution is 6.24. The van der Waals surface area contributed by atoms with Crippen molar-refractivity contribution in [2.45, 2.75) is 115 Å². The minimum Gasteiger partial charge on any atom is -0.371 e. The van der Waals surface area contributed by atoms with Gasteiger partial charge in [-0.3, -0.25) is 44.5 Å². The second kappa shape index (κ2) is 33.2. The molecule has 8 aromatic carbocycles. The molecule has 16 rings (SSSR count). The van der Waals surface area contributed by atoms with Crippen molar-refractivity contribution in [1.29, 1.82) is 0 Å². The van der Waals surface area contributed by atoms with Gasteiger partial charge in [0.2, 0.25) is 0 Å². The first kappa shape index (κ1) is 71.1. The van der Waals surface area contributed by atoms with Gasteiger partial charge in [-0.1, -0.05) is 185 Å². The van der Waals surface area contributed by atoms with Crippen LogP contribution in [0.5, 0.6) is 0 Å². The van der Waals surface area contributed by atoms with Crippen LogP contribution in [0.3, 0.4) is 0 Å². The molecule has 8 aliphatic heterocycles. The number of carbonyl (C=O) groups excluding carboxylic acids is 3. The van der Waals surface area contributed by atoms with E-state index in [0.717, 1.165) is 119 Å². The third kappa shape index (κ3) is 16.8. The Balaban J connectivity index is 0.000000122. The Morgan fingerprint density at radius 1 is 0.398 bits per heavy atom. The number of ketones is 3. The molecule has 8 aliphatic rings. The number of fused-ring (bicyclic) bond motifs is 4. The normalized spacial score (nSPS) is 20.4. The molecule has 16 heteroatoms. The molecule has 0 spiro atoms. The maximum atomic E-state index is 12.1. The van der Waals surface area contributed by atoms with Crippen LogP contribution in [0.4, 0.5) is 28.4 Å². The highest BCUT2D eigenvalue weighted by atomic mass is 16.6. The fraction of sp³-hybridized carbons (Fsp3) is 0.345. The zero-order valence-electron chi connectivity index (χ0n) is 59.6. The summed E-state index contributed by atoms with van der Waals surface area (Å²) in [5.74, 6) is 0.940. The van der Waals surface area contributed by atoms with Crippen molar-refractivity contribution >= 4 is 74.2 Å². The molecule has 0 saturated carbocycles. The molecule has 0 aromatic heterocycles. The lowest BCUT2D eigenvalue weighted by molar-refractivity contribution is -0.384. The van der Waals surface area contributed by atoms with Crippen molar-refractivity contribution in [1.82, 2.24) is 0 Å². The number of carbonyl (C=O) groups is 3. The number of anilines is 4. The van der Waals surface area contributed by atoms with E-state index < -0.39 is 0 Å². The molecule has 16 nitrogen and oxygen atoms in total. The summed E-state index contributed by atoms with van der Waals surface area (Å²) >= 11 is 0. The van der Waals surface area contributed by atoms with Gasteiger partial charge in [-0.15, -0.1) is 0 Å². The molecule has 4 saturated heterocycles. The van der Waals surface area contributed by atoms with E-state index in [-0.39, 0.29) is 59.7 Å². The molecule has 4 fully saturated rings. The van der Waals surface area contributed by atoms with Gasteiger partial charge in [0.25, 0.3) is 5.69 Å². The molecular formula is C87H95N11O5. The number of nitrogens with two attached hydrogens (primary N) is 2. The first-order valence-electron chi connectivity index (χ1n) is 37.2. The lowest BCUT2D eigenvalue weighted by Crippen LogP contribution is -2.36. The van der Waals surface area contributed by atoms with Crippen molar-refractivity contribution in [3.8, 4) is 0 Å². The van der Waals surface area contributed by atoms with Gasteiger partial charge in [0.05, 0.1) is 34.3 Å². The van der Waals surface area contributed by atoms with E-state index >= 15 is 0 Å². The summed E-state index contributed by atoms with van der Waals surface area (Å²) in [6.45, 7) is 16.9. The molecule has 0 aliphatic carbocycles. The van der Waals surface area contributed by atoms with Gasteiger partial charge in [0, 0.05) is 148 Å². The molecular weight excluding hydrogens is 1280 g/mol. The number of aliphatic imine (C=N–C) groups is 4. The Bertz CT molecular complexity index is 4400. The van der Waals surface area contributed by atoms with Gasteiger partial charge < -0.3 is 31.1 Å². The van der Waals surface area contributed by atoms with Crippen LogP contribution in [0, 0.1) is 16.0 Å². The maximum absolute atomic E-state index is 12.1. The molecule has 528 valence electrons. The van der Waals surface area contributed by atoms with Crippen LogP contribution in [0.25, 0.3) is 5.57 Å². The van der Waals surface area contributed by atoms with E-state index in [4.69, 9.17) is 16.5 Å². The average Bonchev–Trinajstić information content (AvgIpc) is 1.24. The summed E-state index contributed by atoms with van der Waals surface area (Å²) in [5, 5.41) is 11.8. The van der Waals surface area contributed by atoms with Gasteiger partial charge in [-0.25, -0.2) is 0 Å². The van der Waals surface area contributed by atoms with Gasteiger partial charge in [0.15, 0.2) is 17.3 Å². The van der Waals surface area contributed by atoms with Crippen molar-refractivity contribution in [2.24, 2.45) is 37.4 Å². The quantitative estimate of drug-likeness (QED) is 0.103. The second-order valence-electron chi connectivity index (χ2n) is 28.7. The SMILES string of the molecule is C=C1CN=C(c2ccc(N3CCCCC(C)C3)cc2)c2ccccc21.CC1CCCCCN1c1ccc(C2=NCC(=O)c3ccccc32)cc1.NC1CCCCN(c2ccc(C3=NCC(=O)c4ccccc43)cc2)C1.NC1CCCCN(c2ccc(C3=NCC(=O)c4ccccc43)cc2[N+](=O)[O-])C1. The summed E-state index contributed by atoms with van der Waals surface area (Å²) in [6.07, 6.45) is 15.7. The zero-order valence-corrected chi connectivity index (χ0v) is 59.6. The molecule has 4 unspecified atom stereocenters. The van der Waals surface area contributed by atoms with E-state index in [2.05, 4.69) is 147 Å². The highest BCUT2D eigenvalue weighted by Gasteiger charge is 2.29. The fourth-order valence-corrected chi connectivity index (χ4v) is 15.7. The number of rotatable bonds is 9. The van der Waals surface area contributed by atoms with E-state index in [9.17, 15) is 24.5 Å². The summed E-state index contributed by atoms with van der Waals surface area (Å²) in [7, 11) is 0. The number of hydrogen-bond donors (Lipinski definition) is 2. The van der Waals surface area contributed by atoms with Crippen LogP contribution in [-0.2, 0) is 0 Å². The largest absolute Gasteiger partial charge is 0.371 e. The lowest BCUT2D eigenvalue weighted by atomic mass is 9.91. The molecule has 8 aromatic rings. The van der Waals surface area contributed by atoms with Gasteiger partial charge in [-0.2, -0.15) is 0 Å². The fourth-order valence-electron chi connectivity index (χ4n) is 15.7. The maximum Gasteiger partial charge on any atom is 0.293 e. The molecule has 4 N–H and O–H groups in total. The van der Waals surface area contributed by atoms with Crippen LogP contribution in [-0.4, -0.2) is 135 Å². The standard InChI is InChI=1S/C23H26N2.C22H24N2O.C21H22N4O3.C21H23N3O/c1-17-7-5-6-14-25(16-17)20-12-10-19(11-13-20)23-22-9-4-3-8-21(22)18(2)15-24-23;1-16-7-3-2-6-14-24(16)18-12-10-17(11-13-18)22-20-9-5-4-8-19(20)21(25)15-23-22;22-15-5-3-4-10-24(13-15)18-9-8-14(11-19(18)25(27)28)21-17-7-2-1-6-16(17)20(26)12-23-21;22-16-5-3-4-12-24(14-16)17-10-8-15(9-11-17)21-19-7-2-1-6-18(19)20(25)13-23-21/h3-4,8-13,17H,2,5-7,14-16H2,1H3;4-5,8-13,16H,2-3,6-7,14-15H2,1H3;1-2,6-9,11,15H,3-5,10,12-13,22H2;1-2,6-11,16H,3-5,12-14,22H2. The number of nitro groups is 1. The molecule has 103 heavy (non-hydrogen) atoms. The van der Waals surface area contributed by atoms with Crippen LogP contribution < -0.4 is 31.1 Å². The molecule has 8 heterocycles. The summed E-state index contributed by atoms with van der Waals surface area (Å²) < 4.78 is 0. The number of nitro benzene ring substituents is 1. The minimum absolute atomic E-state index is 0.0161. The monoisotopic (exact) mass is 1370 g/mol. The predicted octanol–water partition coefficient (Wildman–Crippen LogP) is 15.7. The average molecular weight is 1370 g/mol. The summed E-state index contributed by atoms with van der Waals surface area (Å²) in [5.41, 5.74) is 32.7. The van der Waals surface area contributed by atoms with Crippen LogP contribution in [0.1, 0.15) is 178 Å². The Labute approximate surface area is 606 Å². The Morgan fingerprint density at radius 3 is 1.25 bits per heavy atom. The van der Waals surface area contributed by atoms with Gasteiger partial charge >= 0.3 is 0 Å². The minimum atomic E-state index is -0.351. The number of hydrogen-bond acceptors (Lipinski definition) is 15. The molecule has 0 bridgehead atoms. The lowest BCUT2D eigenvalue weighted by Gasteiger charge is -2.29. The molecule has 4 atom stereocenters. The highest BCUT2D eigenvalue weighted by Crippen LogP contribution is 2.35. The zero-order chi connectivity index (χ0) is 71.3. The van der Waals surface area contributed by atoms with E-state index in [0.29, 0.717) is 41.7 Å².